The lowest BCUT2D eigenvalue weighted by molar-refractivity contribution is -0.149. The summed E-state index contributed by atoms with van der Waals surface area (Å²) in [6.07, 6.45) is 1.33. The van der Waals surface area contributed by atoms with Crippen LogP contribution in [0.1, 0.15) is 30.1 Å². The van der Waals surface area contributed by atoms with Crippen LogP contribution >= 0.6 is 0 Å². The maximum atomic E-state index is 12.4. The molecule has 0 atom stereocenters. The number of carbonyl (C=O) groups excluding carboxylic acids is 2. The molecule has 1 saturated heterocycles. The highest BCUT2D eigenvalue weighted by Crippen LogP contribution is 2.21. The average Bonchev–Trinajstić information content (AvgIpc) is 2.54. The van der Waals surface area contributed by atoms with Crippen molar-refractivity contribution in [1.82, 2.24) is 4.90 Å². The number of ether oxygens (including phenoxy) is 2. The van der Waals surface area contributed by atoms with E-state index in [1.54, 1.807) is 43.2 Å². The number of amides is 1. The van der Waals surface area contributed by atoms with E-state index >= 15 is 0 Å². The monoisotopic (exact) mass is 291 g/mol. The van der Waals surface area contributed by atoms with Gasteiger partial charge in [0.1, 0.15) is 5.75 Å². The number of benzene rings is 1. The number of rotatable bonds is 4. The van der Waals surface area contributed by atoms with Crippen LogP contribution in [0.5, 0.6) is 5.75 Å². The number of hydrogen-bond acceptors (Lipinski definition) is 4. The van der Waals surface area contributed by atoms with Gasteiger partial charge in [0.05, 0.1) is 19.6 Å². The number of nitrogens with zero attached hydrogens (tertiary/aromatic N) is 1. The highest BCUT2D eigenvalue weighted by Gasteiger charge is 2.28. The number of carbonyl (C=O) groups is 2. The highest BCUT2D eigenvalue weighted by molar-refractivity contribution is 5.94. The van der Waals surface area contributed by atoms with Crippen LogP contribution < -0.4 is 4.74 Å². The third-order valence-electron chi connectivity index (χ3n) is 3.74. The van der Waals surface area contributed by atoms with Gasteiger partial charge in [0, 0.05) is 18.7 Å². The van der Waals surface area contributed by atoms with Crippen LogP contribution in [0.15, 0.2) is 24.3 Å². The summed E-state index contributed by atoms with van der Waals surface area (Å²) in [5, 5.41) is 0. The van der Waals surface area contributed by atoms with Gasteiger partial charge in [0.25, 0.3) is 5.91 Å². The smallest absolute Gasteiger partial charge is 0.309 e. The van der Waals surface area contributed by atoms with Crippen molar-refractivity contribution in [3.05, 3.63) is 29.8 Å². The van der Waals surface area contributed by atoms with E-state index in [-0.39, 0.29) is 17.8 Å². The van der Waals surface area contributed by atoms with Crippen LogP contribution in [-0.4, -0.2) is 43.6 Å². The second-order valence-electron chi connectivity index (χ2n) is 5.05. The fourth-order valence-corrected chi connectivity index (χ4v) is 2.49. The normalized spacial score (nSPS) is 15.6. The highest BCUT2D eigenvalue weighted by atomic mass is 16.5. The Kier molecular flexibility index (Phi) is 5.20. The van der Waals surface area contributed by atoms with Crippen molar-refractivity contribution in [3.8, 4) is 5.75 Å². The van der Waals surface area contributed by atoms with Gasteiger partial charge >= 0.3 is 5.97 Å². The maximum Gasteiger partial charge on any atom is 0.309 e. The number of piperidine rings is 1. The summed E-state index contributed by atoms with van der Waals surface area (Å²) in [6.45, 7) is 3.40. The van der Waals surface area contributed by atoms with E-state index in [1.807, 2.05) is 0 Å². The average molecular weight is 291 g/mol. The van der Waals surface area contributed by atoms with Crippen molar-refractivity contribution in [2.75, 3.05) is 26.8 Å². The molecule has 114 valence electrons. The molecular weight excluding hydrogens is 270 g/mol. The van der Waals surface area contributed by atoms with Gasteiger partial charge in [-0.15, -0.1) is 0 Å². The zero-order chi connectivity index (χ0) is 15.2. The summed E-state index contributed by atoms with van der Waals surface area (Å²) in [6, 6.07) is 7.08. The summed E-state index contributed by atoms with van der Waals surface area (Å²) in [4.78, 5) is 25.8. The minimum absolute atomic E-state index is 0.0000352. The lowest BCUT2D eigenvalue weighted by atomic mass is 9.96. The van der Waals surface area contributed by atoms with Crippen molar-refractivity contribution in [2.24, 2.45) is 5.92 Å². The molecule has 1 fully saturated rings. The van der Waals surface area contributed by atoms with Gasteiger partial charge in [-0.2, -0.15) is 0 Å². The Hall–Kier alpha value is -2.04. The van der Waals surface area contributed by atoms with Crippen molar-refractivity contribution in [3.63, 3.8) is 0 Å². The van der Waals surface area contributed by atoms with E-state index in [4.69, 9.17) is 9.47 Å². The zero-order valence-electron chi connectivity index (χ0n) is 12.5. The van der Waals surface area contributed by atoms with Gasteiger partial charge in [-0.25, -0.2) is 0 Å². The van der Waals surface area contributed by atoms with Crippen LogP contribution in [0.2, 0.25) is 0 Å². The summed E-state index contributed by atoms with van der Waals surface area (Å²) < 4.78 is 10.1. The van der Waals surface area contributed by atoms with Crippen molar-refractivity contribution in [2.45, 2.75) is 19.8 Å². The molecule has 5 heteroatoms. The predicted molar refractivity (Wildman–Crippen MR) is 78.3 cm³/mol. The molecule has 0 unspecified atom stereocenters. The largest absolute Gasteiger partial charge is 0.497 e. The third-order valence-corrected chi connectivity index (χ3v) is 3.74. The predicted octanol–water partition coefficient (Wildman–Crippen LogP) is 2.11. The Morgan fingerprint density at radius 1 is 1.19 bits per heavy atom. The first-order valence-corrected chi connectivity index (χ1v) is 7.25. The molecule has 2 rings (SSSR count). The van der Waals surface area contributed by atoms with E-state index in [2.05, 4.69) is 0 Å². The third kappa shape index (κ3) is 3.74. The molecule has 0 spiro atoms. The molecule has 1 aromatic carbocycles. The van der Waals surface area contributed by atoms with Gasteiger partial charge in [-0.1, -0.05) is 0 Å². The molecule has 0 aromatic heterocycles. The van der Waals surface area contributed by atoms with E-state index < -0.39 is 0 Å². The molecule has 5 nitrogen and oxygen atoms in total. The molecule has 1 aliphatic rings. The molecule has 0 saturated carbocycles. The van der Waals surface area contributed by atoms with E-state index in [1.165, 1.54) is 0 Å². The minimum atomic E-state index is -0.144. The van der Waals surface area contributed by atoms with Crippen molar-refractivity contribution >= 4 is 11.9 Å². The standard InChI is InChI=1S/C16H21NO4/c1-3-21-16(19)13-8-10-17(11-9-13)15(18)12-4-6-14(20-2)7-5-12/h4-7,13H,3,8-11H2,1-2H3. The van der Waals surface area contributed by atoms with Gasteiger partial charge in [-0.3, -0.25) is 9.59 Å². The minimum Gasteiger partial charge on any atom is -0.497 e. The summed E-state index contributed by atoms with van der Waals surface area (Å²) >= 11 is 0. The van der Waals surface area contributed by atoms with Gasteiger partial charge in [-0.05, 0) is 44.0 Å². The van der Waals surface area contributed by atoms with Crippen molar-refractivity contribution < 1.29 is 19.1 Å². The molecule has 0 N–H and O–H groups in total. The van der Waals surface area contributed by atoms with Crippen LogP contribution in [0.25, 0.3) is 0 Å². The number of hydrogen-bond donors (Lipinski definition) is 0. The molecule has 1 amide bonds. The number of esters is 1. The Balaban J connectivity index is 1.92. The topological polar surface area (TPSA) is 55.8 Å². The first-order chi connectivity index (χ1) is 10.2. The van der Waals surface area contributed by atoms with Crippen LogP contribution in [0.3, 0.4) is 0 Å². The lowest BCUT2D eigenvalue weighted by Crippen LogP contribution is -2.40. The number of methoxy groups -OCH3 is 1. The van der Waals surface area contributed by atoms with Gasteiger partial charge in [0.15, 0.2) is 0 Å². The molecular formula is C16H21NO4. The van der Waals surface area contributed by atoms with Gasteiger partial charge in [0.2, 0.25) is 0 Å². The Morgan fingerprint density at radius 3 is 2.33 bits per heavy atom. The molecule has 1 aliphatic heterocycles. The zero-order valence-corrected chi connectivity index (χ0v) is 12.5. The second kappa shape index (κ2) is 7.11. The summed E-state index contributed by atoms with van der Waals surface area (Å²) in [7, 11) is 1.59. The van der Waals surface area contributed by atoms with E-state index in [9.17, 15) is 9.59 Å². The van der Waals surface area contributed by atoms with E-state index in [0.717, 1.165) is 5.75 Å². The molecule has 0 aliphatic carbocycles. The maximum absolute atomic E-state index is 12.4. The molecule has 1 aromatic rings. The molecule has 21 heavy (non-hydrogen) atoms. The van der Waals surface area contributed by atoms with Crippen LogP contribution in [-0.2, 0) is 9.53 Å². The summed E-state index contributed by atoms with van der Waals surface area (Å²) in [5.74, 6) is 0.506. The summed E-state index contributed by atoms with van der Waals surface area (Å²) in [5.41, 5.74) is 0.644. The quantitative estimate of drug-likeness (QED) is 0.797. The fourth-order valence-electron chi connectivity index (χ4n) is 2.49. The van der Waals surface area contributed by atoms with Crippen molar-refractivity contribution in [1.29, 1.82) is 0 Å². The number of likely N-dealkylation sites (tertiary alicyclic amines) is 1. The van der Waals surface area contributed by atoms with Crippen LogP contribution in [0, 0.1) is 5.92 Å². The SMILES string of the molecule is CCOC(=O)C1CCN(C(=O)c2ccc(OC)cc2)CC1. The second-order valence-corrected chi connectivity index (χ2v) is 5.05. The first-order valence-electron chi connectivity index (χ1n) is 7.25. The van der Waals surface area contributed by atoms with Crippen LogP contribution in [0.4, 0.5) is 0 Å². The van der Waals surface area contributed by atoms with Gasteiger partial charge < -0.3 is 14.4 Å². The fraction of sp³-hybridized carbons (Fsp3) is 0.500. The molecule has 0 radical (unpaired) electrons. The Morgan fingerprint density at radius 2 is 1.81 bits per heavy atom. The van der Waals surface area contributed by atoms with E-state index in [0.29, 0.717) is 38.1 Å². The molecule has 1 heterocycles. The Labute approximate surface area is 124 Å². The lowest BCUT2D eigenvalue weighted by Gasteiger charge is -2.31. The first kappa shape index (κ1) is 15.4. The Bertz CT molecular complexity index is 490. The molecule has 0 bridgehead atoms.